The van der Waals surface area contributed by atoms with E-state index in [0.29, 0.717) is 12.1 Å². The molecule has 0 saturated heterocycles. The first-order valence-corrected chi connectivity index (χ1v) is 8.57. The normalized spacial score (nSPS) is 22.0. The number of hydrogen-bond donors (Lipinski definition) is 1. The molecule has 1 saturated carbocycles. The topological polar surface area (TPSA) is 72.4 Å². The number of benzene rings is 1. The summed E-state index contributed by atoms with van der Waals surface area (Å²) in [5, 5.41) is 10.9. The molecule has 0 spiro atoms. The van der Waals surface area contributed by atoms with Crippen LogP contribution in [0.2, 0.25) is 0 Å². The molecule has 0 amide bonds. The van der Waals surface area contributed by atoms with Gasteiger partial charge < -0.3 is 10.6 Å². The first kappa shape index (κ1) is 16.5. The maximum absolute atomic E-state index is 10.9. The number of rotatable bonds is 5. The van der Waals surface area contributed by atoms with Gasteiger partial charge in [-0.05, 0) is 60.8 Å². The van der Waals surface area contributed by atoms with Gasteiger partial charge in [0.25, 0.3) is 5.69 Å². The predicted octanol–water partition coefficient (Wildman–Crippen LogP) is 3.69. The Hall–Kier alpha value is -0.890. The van der Waals surface area contributed by atoms with Crippen molar-refractivity contribution in [2.45, 2.75) is 51.1 Å². The zero-order valence-electron chi connectivity index (χ0n) is 12.3. The van der Waals surface area contributed by atoms with Gasteiger partial charge >= 0.3 is 0 Å². The zero-order chi connectivity index (χ0) is 15.4. The summed E-state index contributed by atoms with van der Waals surface area (Å²) in [6.07, 6.45) is 5.40. The number of non-ortho nitro benzene ring substituents is 1. The maximum Gasteiger partial charge on any atom is 0.270 e. The van der Waals surface area contributed by atoms with Crippen molar-refractivity contribution in [2.24, 2.45) is 5.73 Å². The van der Waals surface area contributed by atoms with E-state index in [9.17, 15) is 10.1 Å². The molecular weight excluding hydrogens is 381 g/mol. The van der Waals surface area contributed by atoms with E-state index < -0.39 is 0 Å². The highest BCUT2D eigenvalue weighted by atomic mass is 127. The molecule has 0 aromatic heterocycles. The van der Waals surface area contributed by atoms with Crippen LogP contribution in [-0.4, -0.2) is 23.6 Å². The highest BCUT2D eigenvalue weighted by molar-refractivity contribution is 14.1. The molecule has 1 aromatic carbocycles. The van der Waals surface area contributed by atoms with E-state index in [1.165, 1.54) is 0 Å². The van der Waals surface area contributed by atoms with Crippen LogP contribution in [0.5, 0.6) is 0 Å². The van der Waals surface area contributed by atoms with Gasteiger partial charge in [-0.3, -0.25) is 10.1 Å². The summed E-state index contributed by atoms with van der Waals surface area (Å²) < 4.78 is 0.949. The quantitative estimate of drug-likeness (QED) is 0.463. The van der Waals surface area contributed by atoms with Crippen molar-refractivity contribution in [3.8, 4) is 0 Å². The molecule has 21 heavy (non-hydrogen) atoms. The highest BCUT2D eigenvalue weighted by Crippen LogP contribution is 2.32. The minimum Gasteiger partial charge on any atom is -0.368 e. The lowest BCUT2D eigenvalue weighted by molar-refractivity contribution is -0.384. The first-order valence-electron chi connectivity index (χ1n) is 7.49. The fourth-order valence-corrected chi connectivity index (χ4v) is 3.80. The van der Waals surface area contributed by atoms with E-state index in [2.05, 4.69) is 34.4 Å². The van der Waals surface area contributed by atoms with Gasteiger partial charge in [-0.1, -0.05) is 6.92 Å². The number of nitrogens with zero attached hydrogens (tertiary/aromatic N) is 2. The molecule has 116 valence electrons. The molecule has 0 heterocycles. The van der Waals surface area contributed by atoms with Crippen molar-refractivity contribution >= 4 is 34.0 Å². The average molecular weight is 403 g/mol. The van der Waals surface area contributed by atoms with E-state index in [1.54, 1.807) is 12.1 Å². The van der Waals surface area contributed by atoms with E-state index in [-0.39, 0.29) is 10.6 Å². The van der Waals surface area contributed by atoms with E-state index >= 15 is 0 Å². The van der Waals surface area contributed by atoms with Gasteiger partial charge in [-0.25, -0.2) is 0 Å². The minimum absolute atomic E-state index is 0.158. The lowest BCUT2D eigenvalue weighted by atomic mass is 9.90. The van der Waals surface area contributed by atoms with Gasteiger partial charge in [0, 0.05) is 34.3 Å². The molecular formula is C15H22IN3O2. The molecule has 0 atom stereocenters. The average Bonchev–Trinajstić information content (AvgIpc) is 2.46. The Morgan fingerprint density at radius 1 is 1.38 bits per heavy atom. The number of halogens is 1. The van der Waals surface area contributed by atoms with Gasteiger partial charge in [-0.2, -0.15) is 0 Å². The summed E-state index contributed by atoms with van der Waals surface area (Å²) in [7, 11) is 0. The second-order valence-electron chi connectivity index (χ2n) is 5.65. The first-order chi connectivity index (χ1) is 10.0. The van der Waals surface area contributed by atoms with Crippen LogP contribution >= 0.6 is 22.6 Å². The van der Waals surface area contributed by atoms with Crippen molar-refractivity contribution in [3.05, 3.63) is 31.9 Å². The van der Waals surface area contributed by atoms with Crippen LogP contribution < -0.4 is 10.6 Å². The molecule has 1 fully saturated rings. The largest absolute Gasteiger partial charge is 0.368 e. The summed E-state index contributed by atoms with van der Waals surface area (Å²) in [5.74, 6) is 0. The number of nitrogens with two attached hydrogens (primary N) is 1. The Kier molecular flexibility index (Phi) is 5.80. The van der Waals surface area contributed by atoms with Gasteiger partial charge in [0.05, 0.1) is 10.6 Å². The van der Waals surface area contributed by atoms with E-state index in [4.69, 9.17) is 5.73 Å². The fourth-order valence-electron chi connectivity index (χ4n) is 3.00. The molecule has 0 radical (unpaired) electrons. The van der Waals surface area contributed by atoms with Crippen molar-refractivity contribution in [3.63, 3.8) is 0 Å². The monoisotopic (exact) mass is 403 g/mol. The summed E-state index contributed by atoms with van der Waals surface area (Å²) in [6, 6.07) is 5.99. The van der Waals surface area contributed by atoms with Crippen LogP contribution in [0.4, 0.5) is 11.4 Å². The molecule has 0 aliphatic heterocycles. The Bertz CT molecular complexity index is 502. The highest BCUT2D eigenvalue weighted by Gasteiger charge is 2.25. The Labute approximate surface area is 139 Å². The van der Waals surface area contributed by atoms with E-state index in [1.807, 2.05) is 6.07 Å². The van der Waals surface area contributed by atoms with Crippen molar-refractivity contribution < 1.29 is 4.92 Å². The third-order valence-electron chi connectivity index (χ3n) is 4.10. The summed E-state index contributed by atoms with van der Waals surface area (Å²) in [4.78, 5) is 12.9. The molecule has 6 heteroatoms. The molecule has 1 aliphatic carbocycles. The Morgan fingerprint density at radius 2 is 2.05 bits per heavy atom. The van der Waals surface area contributed by atoms with Gasteiger partial charge in [-0.15, -0.1) is 0 Å². The minimum atomic E-state index is -0.338. The van der Waals surface area contributed by atoms with Crippen LogP contribution in [0, 0.1) is 13.7 Å². The van der Waals surface area contributed by atoms with Crippen molar-refractivity contribution in [2.75, 3.05) is 11.4 Å². The number of anilines is 1. The van der Waals surface area contributed by atoms with Crippen molar-refractivity contribution in [1.82, 2.24) is 0 Å². The number of hydrogen-bond acceptors (Lipinski definition) is 4. The third kappa shape index (κ3) is 4.06. The SMILES string of the molecule is CCCN(c1ccc([N+](=O)[O-])cc1I)C1CCC(N)CC1. The maximum atomic E-state index is 10.9. The van der Waals surface area contributed by atoms with Crippen LogP contribution in [0.25, 0.3) is 0 Å². The third-order valence-corrected chi connectivity index (χ3v) is 4.96. The number of nitro benzene ring substituents is 1. The van der Waals surface area contributed by atoms with Crippen LogP contribution in [0.1, 0.15) is 39.0 Å². The van der Waals surface area contributed by atoms with E-state index in [0.717, 1.165) is 47.9 Å². The fraction of sp³-hybridized carbons (Fsp3) is 0.600. The lowest BCUT2D eigenvalue weighted by Gasteiger charge is -2.38. The van der Waals surface area contributed by atoms with Crippen LogP contribution in [0.3, 0.4) is 0 Å². The van der Waals surface area contributed by atoms with Crippen LogP contribution in [0.15, 0.2) is 18.2 Å². The molecule has 2 N–H and O–H groups in total. The number of nitro groups is 1. The summed E-state index contributed by atoms with van der Waals surface area (Å²) in [5.41, 5.74) is 7.27. The molecule has 5 nitrogen and oxygen atoms in total. The lowest BCUT2D eigenvalue weighted by Crippen LogP contribution is -2.41. The molecule has 0 unspecified atom stereocenters. The Morgan fingerprint density at radius 3 is 2.57 bits per heavy atom. The standard InChI is InChI=1S/C15H22IN3O2/c1-2-9-18(12-5-3-11(17)4-6-12)15-8-7-13(19(20)21)10-14(15)16/h7-8,10-12H,2-6,9,17H2,1H3. The van der Waals surface area contributed by atoms with Crippen LogP contribution in [-0.2, 0) is 0 Å². The molecule has 1 aromatic rings. The van der Waals surface area contributed by atoms with Gasteiger partial charge in [0.1, 0.15) is 0 Å². The molecule has 0 bridgehead atoms. The second kappa shape index (κ2) is 7.40. The Balaban J connectivity index is 2.23. The second-order valence-corrected chi connectivity index (χ2v) is 6.82. The molecule has 1 aliphatic rings. The van der Waals surface area contributed by atoms with Gasteiger partial charge in [0.2, 0.25) is 0 Å². The summed E-state index contributed by atoms with van der Waals surface area (Å²) in [6.45, 7) is 3.15. The zero-order valence-corrected chi connectivity index (χ0v) is 14.5. The molecule has 2 rings (SSSR count). The summed E-state index contributed by atoms with van der Waals surface area (Å²) >= 11 is 2.20. The van der Waals surface area contributed by atoms with Gasteiger partial charge in [0.15, 0.2) is 0 Å². The smallest absolute Gasteiger partial charge is 0.270 e. The predicted molar refractivity (Wildman–Crippen MR) is 93.7 cm³/mol. The van der Waals surface area contributed by atoms with Crippen molar-refractivity contribution in [1.29, 1.82) is 0 Å².